The molecule has 0 aliphatic heterocycles. The maximum atomic E-state index is 10.6. The van der Waals surface area contributed by atoms with Crippen molar-refractivity contribution < 1.29 is 5.11 Å². The molecule has 0 aromatic carbocycles. The van der Waals surface area contributed by atoms with Crippen molar-refractivity contribution in [2.75, 3.05) is 11.9 Å². The topological polar surface area (TPSA) is 86.7 Å². The van der Waals surface area contributed by atoms with Crippen LogP contribution in [0.4, 0.5) is 5.82 Å². The maximum Gasteiger partial charge on any atom is 0.182 e. The molecule has 1 saturated carbocycles. The second kappa shape index (κ2) is 5.36. The molecule has 3 rings (SSSR count). The molecule has 1 aliphatic rings. The number of nitrogens with one attached hydrogen (secondary N) is 2. The lowest BCUT2D eigenvalue weighted by molar-refractivity contribution is 0.00225. The van der Waals surface area contributed by atoms with E-state index in [1.807, 2.05) is 0 Å². The van der Waals surface area contributed by atoms with Crippen molar-refractivity contribution in [3.05, 3.63) is 12.7 Å². The highest BCUT2D eigenvalue weighted by atomic mass is 16.3. The van der Waals surface area contributed by atoms with Crippen LogP contribution in [0.15, 0.2) is 12.7 Å². The number of hydrogen-bond donors (Lipinski definition) is 3. The van der Waals surface area contributed by atoms with Gasteiger partial charge in [-0.2, -0.15) is 0 Å². The van der Waals surface area contributed by atoms with Crippen molar-refractivity contribution in [3.63, 3.8) is 0 Å². The molecule has 20 heavy (non-hydrogen) atoms. The van der Waals surface area contributed by atoms with Gasteiger partial charge in [0.2, 0.25) is 0 Å². The van der Waals surface area contributed by atoms with Gasteiger partial charge in [-0.1, -0.05) is 13.3 Å². The lowest BCUT2D eigenvalue weighted by Gasteiger charge is -2.36. The molecular formula is C14H21N5O. The number of aromatic amines is 1. The number of aromatic nitrogens is 4. The van der Waals surface area contributed by atoms with Crippen LogP contribution >= 0.6 is 0 Å². The van der Waals surface area contributed by atoms with E-state index < -0.39 is 5.60 Å². The van der Waals surface area contributed by atoms with Gasteiger partial charge >= 0.3 is 0 Å². The molecule has 3 N–H and O–H groups in total. The van der Waals surface area contributed by atoms with Crippen molar-refractivity contribution in [2.45, 2.75) is 44.6 Å². The highest BCUT2D eigenvalue weighted by molar-refractivity contribution is 5.81. The first-order valence-electron chi connectivity index (χ1n) is 7.30. The highest BCUT2D eigenvalue weighted by Crippen LogP contribution is 2.33. The Bertz CT molecular complexity index is 574. The average molecular weight is 275 g/mol. The van der Waals surface area contributed by atoms with E-state index >= 15 is 0 Å². The van der Waals surface area contributed by atoms with Gasteiger partial charge in [0.15, 0.2) is 11.5 Å². The Kier molecular flexibility index (Phi) is 3.56. The first-order valence-corrected chi connectivity index (χ1v) is 7.30. The van der Waals surface area contributed by atoms with Gasteiger partial charge in [0.05, 0.1) is 11.9 Å². The summed E-state index contributed by atoms with van der Waals surface area (Å²) >= 11 is 0. The SMILES string of the molecule is CCC1CCC(O)(CNc2ncnc3nc[nH]c23)CC1. The predicted molar refractivity (Wildman–Crippen MR) is 77.4 cm³/mol. The minimum atomic E-state index is -0.622. The fraction of sp³-hybridized carbons (Fsp3) is 0.643. The molecule has 0 spiro atoms. The van der Waals surface area contributed by atoms with Gasteiger partial charge < -0.3 is 15.4 Å². The van der Waals surface area contributed by atoms with Crippen LogP contribution in [0.25, 0.3) is 11.2 Å². The molecule has 6 heteroatoms. The Morgan fingerprint density at radius 1 is 1.35 bits per heavy atom. The molecule has 0 radical (unpaired) electrons. The van der Waals surface area contributed by atoms with Gasteiger partial charge in [0.25, 0.3) is 0 Å². The second-order valence-electron chi connectivity index (χ2n) is 5.75. The van der Waals surface area contributed by atoms with Crippen LogP contribution in [0.2, 0.25) is 0 Å². The van der Waals surface area contributed by atoms with Crippen molar-refractivity contribution in [1.29, 1.82) is 0 Å². The number of nitrogens with zero attached hydrogens (tertiary/aromatic N) is 3. The van der Waals surface area contributed by atoms with Crippen molar-refractivity contribution in [3.8, 4) is 0 Å². The quantitative estimate of drug-likeness (QED) is 0.795. The minimum absolute atomic E-state index is 0.522. The van der Waals surface area contributed by atoms with Gasteiger partial charge in [-0.3, -0.25) is 0 Å². The summed E-state index contributed by atoms with van der Waals surface area (Å²) in [6.07, 6.45) is 8.24. The molecule has 2 aromatic rings. The zero-order valence-corrected chi connectivity index (χ0v) is 11.8. The lowest BCUT2D eigenvalue weighted by atomic mass is 9.78. The second-order valence-corrected chi connectivity index (χ2v) is 5.75. The van der Waals surface area contributed by atoms with Crippen LogP contribution in [-0.2, 0) is 0 Å². The van der Waals surface area contributed by atoms with Crippen LogP contribution in [0.5, 0.6) is 0 Å². The average Bonchev–Trinajstić information content (AvgIpc) is 2.95. The standard InChI is InChI=1S/C14H21N5O/c1-2-10-3-5-14(20,6-4-10)7-15-12-11-13(17-8-16-11)19-9-18-12/h8-10,20H,2-7H2,1H3,(H2,15,16,17,18,19). The summed E-state index contributed by atoms with van der Waals surface area (Å²) < 4.78 is 0. The molecule has 0 bridgehead atoms. The lowest BCUT2D eigenvalue weighted by Crippen LogP contribution is -2.40. The molecule has 2 aromatic heterocycles. The van der Waals surface area contributed by atoms with Gasteiger partial charge in [-0.25, -0.2) is 15.0 Å². The zero-order valence-electron chi connectivity index (χ0n) is 11.8. The molecule has 1 aliphatic carbocycles. The molecular weight excluding hydrogens is 254 g/mol. The largest absolute Gasteiger partial charge is 0.388 e. The fourth-order valence-corrected chi connectivity index (χ4v) is 2.95. The molecule has 0 amide bonds. The summed E-state index contributed by atoms with van der Waals surface area (Å²) in [6.45, 7) is 2.75. The summed E-state index contributed by atoms with van der Waals surface area (Å²) in [6, 6.07) is 0. The van der Waals surface area contributed by atoms with Gasteiger partial charge in [-0.15, -0.1) is 0 Å². The summed E-state index contributed by atoms with van der Waals surface area (Å²) in [7, 11) is 0. The third-order valence-corrected chi connectivity index (χ3v) is 4.42. The van der Waals surface area contributed by atoms with Crippen LogP contribution in [-0.4, -0.2) is 37.2 Å². The van der Waals surface area contributed by atoms with Crippen LogP contribution in [0.1, 0.15) is 39.0 Å². The normalized spacial score (nSPS) is 26.8. The number of fused-ring (bicyclic) bond motifs is 1. The van der Waals surface area contributed by atoms with E-state index in [0.29, 0.717) is 18.0 Å². The van der Waals surface area contributed by atoms with Gasteiger partial charge in [0, 0.05) is 6.54 Å². The fourth-order valence-electron chi connectivity index (χ4n) is 2.95. The monoisotopic (exact) mass is 275 g/mol. The number of aliphatic hydroxyl groups is 1. The molecule has 0 unspecified atom stereocenters. The van der Waals surface area contributed by atoms with E-state index in [9.17, 15) is 5.11 Å². The molecule has 2 heterocycles. The number of rotatable bonds is 4. The van der Waals surface area contributed by atoms with E-state index in [1.165, 1.54) is 12.7 Å². The molecule has 0 saturated heterocycles. The number of H-pyrrole nitrogens is 1. The first-order chi connectivity index (χ1) is 9.70. The summed E-state index contributed by atoms with van der Waals surface area (Å²) in [5.74, 6) is 1.48. The summed E-state index contributed by atoms with van der Waals surface area (Å²) in [5.41, 5.74) is 0.811. The van der Waals surface area contributed by atoms with Crippen LogP contribution in [0.3, 0.4) is 0 Å². The van der Waals surface area contributed by atoms with E-state index in [1.54, 1.807) is 6.33 Å². The van der Waals surface area contributed by atoms with Crippen LogP contribution in [0, 0.1) is 5.92 Å². The van der Waals surface area contributed by atoms with Crippen LogP contribution < -0.4 is 5.32 Å². The van der Waals surface area contributed by atoms with Crippen molar-refractivity contribution in [2.24, 2.45) is 5.92 Å². The van der Waals surface area contributed by atoms with E-state index in [0.717, 1.165) is 37.1 Å². The Morgan fingerprint density at radius 3 is 2.90 bits per heavy atom. The van der Waals surface area contributed by atoms with E-state index in [-0.39, 0.29) is 0 Å². The van der Waals surface area contributed by atoms with E-state index in [2.05, 4.69) is 32.2 Å². The number of imidazole rings is 1. The Hall–Kier alpha value is -1.69. The Balaban J connectivity index is 1.66. The number of hydrogen-bond acceptors (Lipinski definition) is 5. The van der Waals surface area contributed by atoms with E-state index in [4.69, 9.17) is 0 Å². The Labute approximate surface area is 118 Å². The third-order valence-electron chi connectivity index (χ3n) is 4.42. The van der Waals surface area contributed by atoms with Gasteiger partial charge in [-0.05, 0) is 31.6 Å². The summed E-state index contributed by atoms with van der Waals surface area (Å²) in [4.78, 5) is 15.4. The molecule has 108 valence electrons. The molecule has 6 nitrogen and oxygen atoms in total. The molecule has 1 fully saturated rings. The smallest absolute Gasteiger partial charge is 0.182 e. The zero-order chi connectivity index (χ0) is 14.0. The third kappa shape index (κ3) is 2.60. The number of anilines is 1. The predicted octanol–water partition coefficient (Wildman–Crippen LogP) is 2.10. The first kappa shape index (κ1) is 13.3. The minimum Gasteiger partial charge on any atom is -0.388 e. The Morgan fingerprint density at radius 2 is 2.15 bits per heavy atom. The van der Waals surface area contributed by atoms with Gasteiger partial charge in [0.1, 0.15) is 11.8 Å². The maximum absolute atomic E-state index is 10.6. The van der Waals surface area contributed by atoms with Crippen molar-refractivity contribution >= 4 is 17.0 Å². The van der Waals surface area contributed by atoms with Crippen molar-refractivity contribution in [1.82, 2.24) is 19.9 Å². The highest BCUT2D eigenvalue weighted by Gasteiger charge is 2.32. The molecule has 0 atom stereocenters. The summed E-state index contributed by atoms with van der Waals surface area (Å²) in [5, 5.41) is 13.9.